The first kappa shape index (κ1) is 19.2. The average Bonchev–Trinajstić information content (AvgIpc) is 2.73. The first-order chi connectivity index (χ1) is 13.6. The van der Waals surface area contributed by atoms with Crippen LogP contribution in [0.3, 0.4) is 0 Å². The highest BCUT2D eigenvalue weighted by atomic mass is 15.0. The predicted molar refractivity (Wildman–Crippen MR) is 120 cm³/mol. The summed E-state index contributed by atoms with van der Waals surface area (Å²) in [6, 6.07) is 19.0. The van der Waals surface area contributed by atoms with E-state index in [1.807, 2.05) is 0 Å². The van der Waals surface area contributed by atoms with Crippen LogP contribution in [0.5, 0.6) is 0 Å². The lowest BCUT2D eigenvalue weighted by Crippen LogP contribution is -2.54. The Morgan fingerprint density at radius 2 is 1.79 bits per heavy atom. The number of hydrogen-bond acceptors (Lipinski definition) is 0. The minimum atomic E-state index is 0.173. The zero-order chi connectivity index (χ0) is 19.7. The van der Waals surface area contributed by atoms with Gasteiger partial charge in [-0.25, -0.2) is 0 Å². The molecule has 2 atom stereocenters. The maximum Gasteiger partial charge on any atom is 0.220 e. The third kappa shape index (κ3) is 2.96. The number of aromatic nitrogens is 1. The van der Waals surface area contributed by atoms with E-state index < -0.39 is 0 Å². The summed E-state index contributed by atoms with van der Waals surface area (Å²) in [4.78, 5) is 0. The van der Waals surface area contributed by atoms with E-state index in [1.54, 1.807) is 0 Å². The number of fused-ring (bicyclic) bond motifs is 5. The topological polar surface area (TPSA) is 3.88 Å². The van der Waals surface area contributed by atoms with Crippen molar-refractivity contribution in [2.24, 2.45) is 0 Å². The van der Waals surface area contributed by atoms with Crippen molar-refractivity contribution in [3.8, 4) is 11.3 Å². The van der Waals surface area contributed by atoms with E-state index in [9.17, 15) is 0 Å². The maximum absolute atomic E-state index is 2.59. The van der Waals surface area contributed by atoms with Gasteiger partial charge in [-0.1, -0.05) is 63.9 Å². The van der Waals surface area contributed by atoms with Gasteiger partial charge in [0.05, 0.1) is 16.4 Å². The molecule has 1 aliphatic rings. The molecule has 28 heavy (non-hydrogen) atoms. The maximum atomic E-state index is 2.59. The third-order valence-electron chi connectivity index (χ3n) is 7.10. The minimum absolute atomic E-state index is 0.173. The van der Waals surface area contributed by atoms with Crippen molar-refractivity contribution in [3.05, 3.63) is 65.9 Å². The highest BCUT2D eigenvalue weighted by Crippen LogP contribution is 2.47. The largest absolute Gasteiger partial charge is 0.220 e. The summed E-state index contributed by atoms with van der Waals surface area (Å²) in [6.45, 7) is 9.45. The lowest BCUT2D eigenvalue weighted by molar-refractivity contribution is -0.723. The molecule has 0 saturated heterocycles. The van der Waals surface area contributed by atoms with Crippen molar-refractivity contribution in [2.75, 3.05) is 0 Å². The molecule has 3 aromatic rings. The highest BCUT2D eigenvalue weighted by Gasteiger charge is 2.47. The number of aryl methyl sites for hydroxylation is 1. The van der Waals surface area contributed by atoms with E-state index in [1.165, 1.54) is 58.8 Å². The first-order valence-corrected chi connectivity index (χ1v) is 11.2. The van der Waals surface area contributed by atoms with E-state index in [0.29, 0.717) is 6.04 Å². The number of hydrogen-bond donors (Lipinski definition) is 0. The molecule has 0 fully saturated rings. The summed E-state index contributed by atoms with van der Waals surface area (Å²) in [5.74, 6) is 0. The molecule has 2 heterocycles. The lowest BCUT2D eigenvalue weighted by Gasteiger charge is -2.39. The number of pyridine rings is 1. The molecule has 1 heteroatoms. The van der Waals surface area contributed by atoms with Gasteiger partial charge in [-0.15, -0.1) is 0 Å². The van der Waals surface area contributed by atoms with Crippen molar-refractivity contribution in [2.45, 2.75) is 77.7 Å². The van der Waals surface area contributed by atoms with Gasteiger partial charge in [0.15, 0.2) is 12.2 Å². The van der Waals surface area contributed by atoms with Gasteiger partial charge in [0, 0.05) is 12.5 Å². The molecular weight excluding hydrogens is 338 g/mol. The molecular formula is C27H34N+. The zero-order valence-corrected chi connectivity index (χ0v) is 18.0. The van der Waals surface area contributed by atoms with E-state index in [0.717, 1.165) is 12.8 Å². The number of rotatable bonds is 6. The average molecular weight is 373 g/mol. The summed E-state index contributed by atoms with van der Waals surface area (Å²) >= 11 is 0. The van der Waals surface area contributed by atoms with Crippen molar-refractivity contribution in [1.29, 1.82) is 0 Å². The molecule has 4 rings (SSSR count). The summed E-state index contributed by atoms with van der Waals surface area (Å²) in [5, 5.41) is 2.72. The van der Waals surface area contributed by atoms with Crippen molar-refractivity contribution >= 4 is 10.8 Å². The SMILES string of the molecule is CCCCCc1ccc2c(c1)-c1c3ccccc3cc[n+]1C(CC)C2(C)CC. The summed E-state index contributed by atoms with van der Waals surface area (Å²) in [6.07, 6.45) is 9.72. The van der Waals surface area contributed by atoms with Crippen molar-refractivity contribution in [3.63, 3.8) is 0 Å². The van der Waals surface area contributed by atoms with Crippen molar-refractivity contribution < 1.29 is 4.57 Å². The Kier molecular flexibility index (Phi) is 5.27. The van der Waals surface area contributed by atoms with Crippen LogP contribution in [0.15, 0.2) is 54.7 Å². The van der Waals surface area contributed by atoms with Crippen LogP contribution in [0.1, 0.15) is 77.0 Å². The predicted octanol–water partition coefficient (Wildman–Crippen LogP) is 7.16. The van der Waals surface area contributed by atoms with Crippen LogP contribution in [-0.2, 0) is 11.8 Å². The fraction of sp³-hybridized carbons (Fsp3) is 0.444. The standard InChI is InChI=1S/C27H34N/c1-5-8-9-12-20-15-16-24-23(19-20)26-22-14-11-10-13-21(22)17-18-28(26)25(6-2)27(24,4)7-3/h10-11,13-19,25H,5-9,12H2,1-4H3/q+1. The molecule has 0 saturated carbocycles. The smallest absolute Gasteiger partial charge is 0.194 e. The van der Waals surface area contributed by atoms with Crippen LogP contribution in [-0.4, -0.2) is 0 Å². The molecule has 2 aromatic carbocycles. The minimum Gasteiger partial charge on any atom is -0.194 e. The van der Waals surface area contributed by atoms with Gasteiger partial charge in [-0.05, 0) is 54.8 Å². The van der Waals surface area contributed by atoms with Gasteiger partial charge in [0.2, 0.25) is 5.69 Å². The summed E-state index contributed by atoms with van der Waals surface area (Å²) < 4.78 is 2.59. The third-order valence-corrected chi connectivity index (χ3v) is 7.10. The molecule has 0 amide bonds. The molecule has 0 N–H and O–H groups in total. The Bertz CT molecular complexity index is 987. The molecule has 1 aliphatic heterocycles. The second-order valence-electron chi connectivity index (χ2n) is 8.69. The second-order valence-corrected chi connectivity index (χ2v) is 8.69. The fourth-order valence-electron chi connectivity index (χ4n) is 5.36. The Hall–Kier alpha value is -2.15. The fourth-order valence-corrected chi connectivity index (χ4v) is 5.36. The molecule has 0 radical (unpaired) electrons. The van der Waals surface area contributed by atoms with Crippen LogP contribution in [0.4, 0.5) is 0 Å². The lowest BCUT2D eigenvalue weighted by atomic mass is 9.67. The molecule has 0 bridgehead atoms. The van der Waals surface area contributed by atoms with Crippen LogP contribution >= 0.6 is 0 Å². The van der Waals surface area contributed by atoms with E-state index in [2.05, 4.69) is 87.0 Å². The van der Waals surface area contributed by atoms with Gasteiger partial charge < -0.3 is 0 Å². The Balaban J connectivity index is 1.97. The van der Waals surface area contributed by atoms with Crippen LogP contribution in [0.2, 0.25) is 0 Å². The molecule has 1 aromatic heterocycles. The zero-order valence-electron chi connectivity index (χ0n) is 18.0. The molecule has 0 spiro atoms. The monoisotopic (exact) mass is 372 g/mol. The molecule has 1 nitrogen and oxygen atoms in total. The number of nitrogens with zero attached hydrogens (tertiary/aromatic N) is 1. The van der Waals surface area contributed by atoms with Crippen molar-refractivity contribution in [1.82, 2.24) is 0 Å². The van der Waals surface area contributed by atoms with Gasteiger partial charge in [-0.2, -0.15) is 4.57 Å². The van der Waals surface area contributed by atoms with Crippen LogP contribution < -0.4 is 4.57 Å². The molecule has 2 unspecified atom stereocenters. The van der Waals surface area contributed by atoms with Gasteiger partial charge >= 0.3 is 0 Å². The summed E-state index contributed by atoms with van der Waals surface area (Å²) in [5.41, 5.74) is 6.08. The van der Waals surface area contributed by atoms with Crippen LogP contribution in [0.25, 0.3) is 22.0 Å². The molecule has 0 aliphatic carbocycles. The Morgan fingerprint density at radius 3 is 2.54 bits per heavy atom. The number of unbranched alkanes of at least 4 members (excludes halogenated alkanes) is 2. The Labute approximate surface area is 170 Å². The number of benzene rings is 2. The Morgan fingerprint density at radius 1 is 0.964 bits per heavy atom. The van der Waals surface area contributed by atoms with Gasteiger partial charge in [-0.3, -0.25) is 0 Å². The second kappa shape index (κ2) is 7.70. The van der Waals surface area contributed by atoms with Gasteiger partial charge in [0.1, 0.15) is 0 Å². The quantitative estimate of drug-likeness (QED) is 0.319. The van der Waals surface area contributed by atoms with E-state index in [4.69, 9.17) is 0 Å². The first-order valence-electron chi connectivity index (χ1n) is 11.2. The van der Waals surface area contributed by atoms with E-state index in [-0.39, 0.29) is 5.41 Å². The summed E-state index contributed by atoms with van der Waals surface area (Å²) in [7, 11) is 0. The molecule has 146 valence electrons. The highest BCUT2D eigenvalue weighted by molar-refractivity contribution is 5.94. The normalized spacial score (nSPS) is 20.8. The van der Waals surface area contributed by atoms with Gasteiger partial charge in [0.25, 0.3) is 0 Å². The van der Waals surface area contributed by atoms with E-state index >= 15 is 0 Å². The van der Waals surface area contributed by atoms with Crippen LogP contribution in [0, 0.1) is 0 Å².